The number of hydrogen-bond acceptors (Lipinski definition) is 5. The van der Waals surface area contributed by atoms with Gasteiger partial charge in [0.05, 0.1) is 17.9 Å². The van der Waals surface area contributed by atoms with Gasteiger partial charge in [-0.25, -0.2) is 0 Å². The molecule has 0 saturated carbocycles. The van der Waals surface area contributed by atoms with E-state index in [2.05, 4.69) is 25.2 Å². The summed E-state index contributed by atoms with van der Waals surface area (Å²) in [7, 11) is 0. The van der Waals surface area contributed by atoms with Crippen LogP contribution in [0.3, 0.4) is 0 Å². The van der Waals surface area contributed by atoms with E-state index in [0.29, 0.717) is 18.3 Å². The van der Waals surface area contributed by atoms with Crippen molar-refractivity contribution < 1.29 is 24.2 Å². The first kappa shape index (κ1) is 23.1. The molecule has 1 fully saturated rings. The highest BCUT2D eigenvalue weighted by Crippen LogP contribution is 2.44. The Morgan fingerprint density at radius 2 is 2.03 bits per heavy atom. The number of ether oxygens (including phenoxy) is 2. The van der Waals surface area contributed by atoms with Crippen molar-refractivity contribution in [2.24, 2.45) is 23.2 Å². The van der Waals surface area contributed by atoms with E-state index in [1.54, 1.807) is 0 Å². The van der Waals surface area contributed by atoms with Crippen LogP contribution in [0.4, 0.5) is 0 Å². The number of hydrogen-bond donors (Lipinski definition) is 1. The molecule has 0 radical (unpaired) electrons. The molecule has 6 atom stereocenters. The third kappa shape index (κ3) is 4.99. The summed E-state index contributed by atoms with van der Waals surface area (Å²) in [4.78, 5) is 24.7. The van der Waals surface area contributed by atoms with Crippen molar-refractivity contribution in [3.05, 3.63) is 23.8 Å². The Labute approximate surface area is 180 Å². The molecule has 0 amide bonds. The number of carbonyl (C=O) groups is 2. The highest BCUT2D eigenvalue weighted by atomic mass is 16.6. The van der Waals surface area contributed by atoms with E-state index in [9.17, 15) is 14.7 Å². The molecule has 1 N–H and O–H groups in total. The van der Waals surface area contributed by atoms with Crippen molar-refractivity contribution in [3.8, 4) is 0 Å². The van der Waals surface area contributed by atoms with Crippen LogP contribution in [0.5, 0.6) is 0 Å². The molecule has 0 aromatic heterocycles. The Balaban J connectivity index is 1.73. The molecule has 1 aliphatic heterocycles. The Kier molecular flexibility index (Phi) is 7.43. The van der Waals surface area contributed by atoms with Crippen LogP contribution in [0.15, 0.2) is 23.8 Å². The zero-order valence-electron chi connectivity index (χ0n) is 18.9. The second kappa shape index (κ2) is 9.67. The first-order chi connectivity index (χ1) is 14.3. The molecule has 30 heavy (non-hydrogen) atoms. The predicted molar refractivity (Wildman–Crippen MR) is 116 cm³/mol. The van der Waals surface area contributed by atoms with E-state index >= 15 is 0 Å². The molecule has 3 aliphatic rings. The average molecular weight is 419 g/mol. The summed E-state index contributed by atoms with van der Waals surface area (Å²) in [6.45, 7) is 8.31. The van der Waals surface area contributed by atoms with Gasteiger partial charge >= 0.3 is 11.9 Å². The summed E-state index contributed by atoms with van der Waals surface area (Å²) < 4.78 is 11.6. The number of aliphatic hydroxyl groups is 1. The highest BCUT2D eigenvalue weighted by Gasteiger charge is 2.42. The number of rotatable bonds is 7. The minimum Gasteiger partial charge on any atom is -0.462 e. The number of esters is 2. The molecule has 1 saturated heterocycles. The van der Waals surface area contributed by atoms with Gasteiger partial charge in [0.1, 0.15) is 12.2 Å². The van der Waals surface area contributed by atoms with Crippen LogP contribution in [-0.4, -0.2) is 35.4 Å². The van der Waals surface area contributed by atoms with E-state index in [-0.39, 0.29) is 36.5 Å². The van der Waals surface area contributed by atoms with Crippen LogP contribution in [0.1, 0.15) is 79.1 Å². The van der Waals surface area contributed by atoms with Gasteiger partial charge in [0.15, 0.2) is 0 Å². The number of aliphatic hydroxyl groups excluding tert-OH is 1. The Hall–Kier alpha value is -1.62. The van der Waals surface area contributed by atoms with E-state index in [1.807, 2.05) is 20.8 Å². The molecule has 0 aromatic carbocycles. The Morgan fingerprint density at radius 3 is 2.70 bits per heavy atom. The molecule has 5 heteroatoms. The normalized spacial score (nSPS) is 34.0. The summed E-state index contributed by atoms with van der Waals surface area (Å²) in [5, 5.41) is 9.91. The number of fused-ring (bicyclic) bond motifs is 1. The predicted octanol–water partition coefficient (Wildman–Crippen LogP) is 4.73. The van der Waals surface area contributed by atoms with Gasteiger partial charge in [0.25, 0.3) is 0 Å². The SMILES string of the molecule is CCC(C)(CC)C(=O)O[C@H]1CCC=C2C=C[C@@H](C)[C@H](CC[C@@H]3C[C@@H](O)CC(=O)O3)[C@H]21. The van der Waals surface area contributed by atoms with Crippen LogP contribution >= 0.6 is 0 Å². The van der Waals surface area contributed by atoms with Gasteiger partial charge in [-0.05, 0) is 62.9 Å². The smallest absolute Gasteiger partial charge is 0.312 e. The highest BCUT2D eigenvalue weighted by molar-refractivity contribution is 5.76. The van der Waals surface area contributed by atoms with E-state index in [4.69, 9.17) is 9.47 Å². The van der Waals surface area contributed by atoms with Gasteiger partial charge in [-0.15, -0.1) is 0 Å². The zero-order chi connectivity index (χ0) is 21.9. The first-order valence-electron chi connectivity index (χ1n) is 11.7. The summed E-state index contributed by atoms with van der Waals surface area (Å²) in [6.07, 6.45) is 11.4. The molecule has 1 heterocycles. The minimum atomic E-state index is -0.598. The molecule has 0 unspecified atom stereocenters. The Morgan fingerprint density at radius 1 is 1.30 bits per heavy atom. The molecule has 3 rings (SSSR count). The van der Waals surface area contributed by atoms with Crippen LogP contribution in [0.2, 0.25) is 0 Å². The van der Waals surface area contributed by atoms with Crippen molar-refractivity contribution >= 4 is 11.9 Å². The molecule has 168 valence electrons. The summed E-state index contributed by atoms with van der Waals surface area (Å²) in [5.41, 5.74) is 0.844. The maximum atomic E-state index is 13.0. The van der Waals surface area contributed by atoms with E-state index < -0.39 is 11.5 Å². The number of allylic oxidation sites excluding steroid dienone is 3. The van der Waals surface area contributed by atoms with Crippen molar-refractivity contribution in [3.63, 3.8) is 0 Å². The zero-order valence-corrected chi connectivity index (χ0v) is 18.9. The topological polar surface area (TPSA) is 72.8 Å². The standard InChI is InChI=1S/C25H38O5/c1-5-25(4,6-2)24(28)30-21-9-7-8-17-11-10-16(3)20(23(17)21)13-12-19-14-18(26)15-22(27)29-19/h8,10-11,16,18-21,23,26H,5-7,9,12-15H2,1-4H3/t16-,18-,19-,20+,21+,23+/m1/s1. The molecule has 5 nitrogen and oxygen atoms in total. The average Bonchev–Trinajstić information content (AvgIpc) is 2.72. The largest absolute Gasteiger partial charge is 0.462 e. The van der Waals surface area contributed by atoms with Gasteiger partial charge in [0.2, 0.25) is 0 Å². The summed E-state index contributed by atoms with van der Waals surface area (Å²) in [5.74, 6) is 0.485. The van der Waals surface area contributed by atoms with Crippen molar-refractivity contribution in [2.75, 3.05) is 0 Å². The van der Waals surface area contributed by atoms with E-state index in [0.717, 1.165) is 38.5 Å². The van der Waals surface area contributed by atoms with Gasteiger partial charge < -0.3 is 14.6 Å². The minimum absolute atomic E-state index is 0.0796. The monoisotopic (exact) mass is 418 g/mol. The Bertz CT molecular complexity index is 690. The van der Waals surface area contributed by atoms with Crippen LogP contribution in [-0.2, 0) is 19.1 Å². The lowest BCUT2D eigenvalue weighted by Crippen LogP contribution is -2.42. The van der Waals surface area contributed by atoms with Gasteiger partial charge in [-0.2, -0.15) is 0 Å². The third-order valence-corrected chi connectivity index (χ3v) is 7.71. The fourth-order valence-corrected chi connectivity index (χ4v) is 5.19. The quantitative estimate of drug-likeness (QED) is 0.605. The molecule has 0 aromatic rings. The first-order valence-corrected chi connectivity index (χ1v) is 11.7. The second-order valence-corrected chi connectivity index (χ2v) is 9.68. The lowest BCUT2D eigenvalue weighted by molar-refractivity contribution is -0.166. The van der Waals surface area contributed by atoms with Crippen LogP contribution < -0.4 is 0 Å². The lowest BCUT2D eigenvalue weighted by atomic mass is 9.66. The molecule has 0 bridgehead atoms. The molecule has 0 spiro atoms. The lowest BCUT2D eigenvalue weighted by Gasteiger charge is -2.43. The fourth-order valence-electron chi connectivity index (χ4n) is 5.19. The molecular weight excluding hydrogens is 380 g/mol. The fraction of sp³-hybridized carbons (Fsp3) is 0.760. The summed E-state index contributed by atoms with van der Waals surface area (Å²) >= 11 is 0. The van der Waals surface area contributed by atoms with Crippen LogP contribution in [0, 0.1) is 23.2 Å². The summed E-state index contributed by atoms with van der Waals surface area (Å²) in [6, 6.07) is 0. The second-order valence-electron chi connectivity index (χ2n) is 9.68. The van der Waals surface area contributed by atoms with Crippen LogP contribution in [0.25, 0.3) is 0 Å². The van der Waals surface area contributed by atoms with Crippen molar-refractivity contribution in [1.29, 1.82) is 0 Å². The maximum absolute atomic E-state index is 13.0. The van der Waals surface area contributed by atoms with Gasteiger partial charge in [0, 0.05) is 12.3 Å². The third-order valence-electron chi connectivity index (χ3n) is 7.71. The van der Waals surface area contributed by atoms with E-state index in [1.165, 1.54) is 5.57 Å². The van der Waals surface area contributed by atoms with Crippen molar-refractivity contribution in [1.82, 2.24) is 0 Å². The molecular formula is C25H38O5. The number of cyclic esters (lactones) is 1. The van der Waals surface area contributed by atoms with Gasteiger partial charge in [-0.3, -0.25) is 9.59 Å². The maximum Gasteiger partial charge on any atom is 0.312 e. The van der Waals surface area contributed by atoms with Crippen molar-refractivity contribution in [2.45, 2.75) is 97.4 Å². The van der Waals surface area contributed by atoms with Gasteiger partial charge in [-0.1, -0.05) is 39.0 Å². The molecule has 2 aliphatic carbocycles. The number of carbonyl (C=O) groups excluding carboxylic acids is 2.